The van der Waals surface area contributed by atoms with E-state index in [2.05, 4.69) is 10.9 Å². The molecule has 1 amide bonds. The Kier molecular flexibility index (Phi) is 5.74. The van der Waals surface area contributed by atoms with Crippen LogP contribution in [-0.2, 0) is 4.79 Å². The summed E-state index contributed by atoms with van der Waals surface area (Å²) in [6, 6.07) is 20.9. The van der Waals surface area contributed by atoms with Crippen molar-refractivity contribution in [1.29, 1.82) is 0 Å². The van der Waals surface area contributed by atoms with Crippen molar-refractivity contribution in [3.8, 4) is 11.5 Å². The molecule has 2 aliphatic rings. The maximum Gasteiger partial charge on any atom is 0.246 e. The number of carbonyl (C=O) groups is 1. The van der Waals surface area contributed by atoms with Crippen LogP contribution in [0.4, 0.5) is 5.69 Å². The van der Waals surface area contributed by atoms with Gasteiger partial charge in [0.2, 0.25) is 5.91 Å². The van der Waals surface area contributed by atoms with E-state index in [-0.39, 0.29) is 30.0 Å². The van der Waals surface area contributed by atoms with Crippen LogP contribution in [0.15, 0.2) is 66.7 Å². The molecule has 6 nitrogen and oxygen atoms in total. The summed E-state index contributed by atoms with van der Waals surface area (Å²) in [5.41, 5.74) is 10.6. The molecule has 4 unspecified atom stereocenters. The van der Waals surface area contributed by atoms with Gasteiger partial charge in [-0.05, 0) is 48.9 Å². The molecular weight excluding hydrogens is 438 g/mol. The minimum Gasteiger partial charge on any atom is -0.497 e. The zero-order valence-electron chi connectivity index (χ0n) is 18.7. The highest BCUT2D eigenvalue weighted by molar-refractivity contribution is 6.30. The van der Waals surface area contributed by atoms with E-state index in [4.69, 9.17) is 21.1 Å². The third kappa shape index (κ3) is 3.74. The van der Waals surface area contributed by atoms with E-state index in [0.717, 1.165) is 22.4 Å². The molecule has 0 bridgehead atoms. The van der Waals surface area contributed by atoms with Crippen LogP contribution in [0.3, 0.4) is 0 Å². The summed E-state index contributed by atoms with van der Waals surface area (Å²) in [6.45, 7) is 2.04. The Labute approximate surface area is 198 Å². The molecule has 0 aromatic heterocycles. The molecule has 7 heteroatoms. The summed E-state index contributed by atoms with van der Waals surface area (Å²) in [5.74, 6) is 1.33. The topological polar surface area (TPSA) is 62.8 Å². The highest BCUT2D eigenvalue weighted by Crippen LogP contribution is 2.51. The van der Waals surface area contributed by atoms with Gasteiger partial charge in [0.1, 0.15) is 17.5 Å². The second-order valence-corrected chi connectivity index (χ2v) is 8.91. The smallest absolute Gasteiger partial charge is 0.246 e. The Bertz CT molecular complexity index is 1170. The van der Waals surface area contributed by atoms with E-state index in [1.165, 1.54) is 0 Å². The number of rotatable bonds is 5. The zero-order chi connectivity index (χ0) is 23.1. The number of aryl methyl sites for hydroxylation is 1. The molecule has 0 spiro atoms. The fraction of sp³-hybridized carbons (Fsp3) is 0.269. The predicted molar refractivity (Wildman–Crippen MR) is 129 cm³/mol. The van der Waals surface area contributed by atoms with Crippen molar-refractivity contribution in [2.45, 2.75) is 25.0 Å². The number of amides is 1. The molecule has 170 valence electrons. The van der Waals surface area contributed by atoms with Crippen molar-refractivity contribution >= 4 is 23.2 Å². The Morgan fingerprint density at radius 3 is 2.24 bits per heavy atom. The van der Waals surface area contributed by atoms with Crippen molar-refractivity contribution in [1.82, 2.24) is 10.9 Å². The predicted octanol–water partition coefficient (Wildman–Crippen LogP) is 4.59. The third-order valence-corrected chi connectivity index (χ3v) is 6.86. The van der Waals surface area contributed by atoms with Gasteiger partial charge < -0.3 is 14.4 Å². The molecule has 4 atom stereocenters. The number of hydrogen-bond donors (Lipinski definition) is 2. The molecular formula is C26H26ClN3O3. The van der Waals surface area contributed by atoms with Crippen LogP contribution in [0.5, 0.6) is 11.5 Å². The number of anilines is 1. The Hall–Kier alpha value is -3.06. The van der Waals surface area contributed by atoms with Gasteiger partial charge in [0, 0.05) is 28.3 Å². The number of hydrazine groups is 1. The number of halogens is 1. The summed E-state index contributed by atoms with van der Waals surface area (Å²) in [5, 5.41) is 0.679. The molecule has 5 rings (SSSR count). The Morgan fingerprint density at radius 1 is 0.879 bits per heavy atom. The van der Waals surface area contributed by atoms with Gasteiger partial charge in [-0.1, -0.05) is 41.4 Å². The van der Waals surface area contributed by atoms with Gasteiger partial charge in [0.25, 0.3) is 0 Å². The van der Waals surface area contributed by atoms with Crippen LogP contribution < -0.4 is 25.2 Å². The van der Waals surface area contributed by atoms with Gasteiger partial charge >= 0.3 is 0 Å². The molecule has 2 saturated heterocycles. The first-order valence-corrected chi connectivity index (χ1v) is 11.3. The number of nitrogens with one attached hydrogen (secondary N) is 2. The van der Waals surface area contributed by atoms with Crippen LogP contribution in [-0.4, -0.2) is 26.2 Å². The minimum absolute atomic E-state index is 0.0238. The third-order valence-electron chi connectivity index (χ3n) is 6.61. The number of ether oxygens (including phenoxy) is 2. The van der Waals surface area contributed by atoms with Crippen molar-refractivity contribution in [2.24, 2.45) is 5.92 Å². The van der Waals surface area contributed by atoms with Crippen molar-refractivity contribution in [2.75, 3.05) is 19.1 Å². The van der Waals surface area contributed by atoms with Gasteiger partial charge in [-0.25, -0.2) is 10.9 Å². The maximum atomic E-state index is 13.7. The molecule has 3 aromatic rings. The van der Waals surface area contributed by atoms with E-state index >= 15 is 0 Å². The van der Waals surface area contributed by atoms with Crippen LogP contribution in [0.1, 0.15) is 28.8 Å². The lowest BCUT2D eigenvalue weighted by molar-refractivity contribution is -0.119. The second-order valence-electron chi connectivity index (χ2n) is 8.47. The second kappa shape index (κ2) is 8.71. The quantitative estimate of drug-likeness (QED) is 0.579. The van der Waals surface area contributed by atoms with Crippen LogP contribution in [0.2, 0.25) is 5.02 Å². The summed E-state index contributed by atoms with van der Waals surface area (Å²) < 4.78 is 11.2. The van der Waals surface area contributed by atoms with E-state index < -0.39 is 0 Å². The van der Waals surface area contributed by atoms with Gasteiger partial charge in [-0.15, -0.1) is 0 Å². The van der Waals surface area contributed by atoms with Crippen molar-refractivity contribution in [3.05, 3.63) is 88.4 Å². The van der Waals surface area contributed by atoms with Crippen LogP contribution >= 0.6 is 11.6 Å². The van der Waals surface area contributed by atoms with Crippen molar-refractivity contribution < 1.29 is 14.3 Å². The molecule has 2 heterocycles. The molecule has 0 saturated carbocycles. The van der Waals surface area contributed by atoms with E-state index in [1.807, 2.05) is 78.6 Å². The standard InChI is InChI=1S/C26H26ClN3O3/c1-15-4-10-18(11-5-15)30-25(20-13-12-19(32-2)14-21(20)33-3)22-23(28-29-24(22)26(30)31)16-6-8-17(27)9-7-16/h4-14,22-25,28-29H,1-3H3. The highest BCUT2D eigenvalue weighted by atomic mass is 35.5. The molecule has 0 aliphatic carbocycles. The summed E-state index contributed by atoms with van der Waals surface area (Å²) >= 11 is 6.13. The van der Waals surface area contributed by atoms with Gasteiger partial charge in [0.15, 0.2) is 0 Å². The fourth-order valence-electron chi connectivity index (χ4n) is 4.99. The zero-order valence-corrected chi connectivity index (χ0v) is 19.5. The van der Waals surface area contributed by atoms with Crippen LogP contribution in [0, 0.1) is 12.8 Å². The number of hydrogen-bond acceptors (Lipinski definition) is 5. The summed E-state index contributed by atoms with van der Waals surface area (Å²) in [7, 11) is 3.27. The SMILES string of the molecule is COc1ccc(C2C3C(NNC3c3ccc(Cl)cc3)C(=O)N2c2ccc(C)cc2)c(OC)c1. The molecule has 2 N–H and O–H groups in total. The lowest BCUT2D eigenvalue weighted by Crippen LogP contribution is -2.41. The monoisotopic (exact) mass is 463 g/mol. The molecule has 2 aliphatic heterocycles. The number of carbonyl (C=O) groups excluding carboxylic acids is 1. The fourth-order valence-corrected chi connectivity index (χ4v) is 5.12. The van der Waals surface area contributed by atoms with Gasteiger partial charge in [-0.3, -0.25) is 4.79 Å². The van der Waals surface area contributed by atoms with E-state index in [0.29, 0.717) is 16.5 Å². The van der Waals surface area contributed by atoms with Gasteiger partial charge in [0.05, 0.1) is 26.3 Å². The summed E-state index contributed by atoms with van der Waals surface area (Å²) in [6.07, 6.45) is 0. The highest BCUT2D eigenvalue weighted by Gasteiger charge is 2.56. The first kappa shape index (κ1) is 21.8. The van der Waals surface area contributed by atoms with Crippen molar-refractivity contribution in [3.63, 3.8) is 0 Å². The molecule has 33 heavy (non-hydrogen) atoms. The largest absolute Gasteiger partial charge is 0.497 e. The maximum absolute atomic E-state index is 13.7. The lowest BCUT2D eigenvalue weighted by atomic mass is 9.83. The number of nitrogens with zero attached hydrogens (tertiary/aromatic N) is 1. The lowest BCUT2D eigenvalue weighted by Gasteiger charge is -2.32. The van der Waals surface area contributed by atoms with E-state index in [9.17, 15) is 4.79 Å². The first-order valence-electron chi connectivity index (χ1n) is 10.9. The molecule has 0 radical (unpaired) electrons. The minimum atomic E-state index is -0.385. The summed E-state index contributed by atoms with van der Waals surface area (Å²) in [4.78, 5) is 15.6. The number of benzene rings is 3. The average molecular weight is 464 g/mol. The molecule has 3 aromatic carbocycles. The van der Waals surface area contributed by atoms with Crippen LogP contribution in [0.25, 0.3) is 0 Å². The van der Waals surface area contributed by atoms with E-state index in [1.54, 1.807) is 14.2 Å². The normalized spacial score (nSPS) is 24.1. The first-order chi connectivity index (χ1) is 16.0. The Balaban J connectivity index is 1.66. The number of methoxy groups -OCH3 is 2. The Morgan fingerprint density at radius 2 is 1.58 bits per heavy atom. The number of fused-ring (bicyclic) bond motifs is 1. The average Bonchev–Trinajstić information content (AvgIpc) is 3.39. The van der Waals surface area contributed by atoms with Gasteiger partial charge in [-0.2, -0.15) is 0 Å². The molecule has 2 fully saturated rings.